The maximum atomic E-state index is 11.8. The van der Waals surface area contributed by atoms with Gasteiger partial charge in [0.25, 0.3) is 10.1 Å². The third-order valence-corrected chi connectivity index (χ3v) is 5.79. The second-order valence-electron chi connectivity index (χ2n) is 5.71. The molecule has 0 aliphatic rings. The Hall–Kier alpha value is -1.41. The van der Waals surface area contributed by atoms with E-state index in [0.29, 0.717) is 12.8 Å². The van der Waals surface area contributed by atoms with Crippen LogP contribution in [0.2, 0.25) is 0 Å². The molecule has 0 aromatic rings. The zero-order valence-corrected chi connectivity index (χ0v) is 14.4. The SMILES string of the molecule is C=CCC(C(=O)O)(C(CC(CC)CCCC)C(=O)O)S(=O)(=O)O. The van der Waals surface area contributed by atoms with Crippen molar-refractivity contribution in [2.45, 2.75) is 57.1 Å². The first-order valence-electron chi connectivity index (χ1n) is 7.62. The van der Waals surface area contributed by atoms with Gasteiger partial charge in [-0.05, 0) is 18.8 Å². The highest BCUT2D eigenvalue weighted by atomic mass is 32.2. The van der Waals surface area contributed by atoms with E-state index in [1.807, 2.05) is 13.8 Å². The van der Waals surface area contributed by atoms with Gasteiger partial charge in [0.15, 0.2) is 0 Å². The predicted octanol–water partition coefficient (Wildman–Crippen LogP) is 2.58. The first-order valence-corrected chi connectivity index (χ1v) is 9.06. The van der Waals surface area contributed by atoms with Crippen LogP contribution in [0.5, 0.6) is 0 Å². The Morgan fingerprint density at radius 1 is 1.26 bits per heavy atom. The summed E-state index contributed by atoms with van der Waals surface area (Å²) in [5, 5.41) is 18.9. The van der Waals surface area contributed by atoms with Gasteiger partial charge in [-0.2, -0.15) is 8.42 Å². The number of hydrogen-bond donors (Lipinski definition) is 3. The van der Waals surface area contributed by atoms with Crippen molar-refractivity contribution in [2.75, 3.05) is 0 Å². The molecular weight excluding hydrogens is 324 g/mol. The van der Waals surface area contributed by atoms with Gasteiger partial charge in [0.1, 0.15) is 0 Å². The van der Waals surface area contributed by atoms with E-state index in [2.05, 4.69) is 6.58 Å². The van der Waals surface area contributed by atoms with Gasteiger partial charge < -0.3 is 10.2 Å². The van der Waals surface area contributed by atoms with Gasteiger partial charge in [-0.15, -0.1) is 6.58 Å². The van der Waals surface area contributed by atoms with Crippen LogP contribution in [0.15, 0.2) is 12.7 Å². The molecule has 3 unspecified atom stereocenters. The number of unbranched alkanes of at least 4 members (excludes halogenated alkanes) is 1. The fourth-order valence-electron chi connectivity index (χ4n) is 2.79. The quantitative estimate of drug-likeness (QED) is 0.364. The summed E-state index contributed by atoms with van der Waals surface area (Å²) < 4.78 is 30.2. The van der Waals surface area contributed by atoms with Crippen LogP contribution in [0.25, 0.3) is 0 Å². The van der Waals surface area contributed by atoms with Crippen LogP contribution >= 0.6 is 0 Å². The Morgan fingerprint density at radius 2 is 1.83 bits per heavy atom. The summed E-state index contributed by atoms with van der Waals surface area (Å²) in [5.41, 5.74) is 0. The smallest absolute Gasteiger partial charge is 0.328 e. The molecule has 0 spiro atoms. The minimum absolute atomic E-state index is 0.133. The molecule has 0 aliphatic carbocycles. The van der Waals surface area contributed by atoms with E-state index < -0.39 is 39.1 Å². The Balaban J connectivity index is 5.95. The summed E-state index contributed by atoms with van der Waals surface area (Å²) in [4.78, 5) is 23.3. The molecule has 0 bridgehead atoms. The monoisotopic (exact) mass is 350 g/mol. The van der Waals surface area contributed by atoms with Gasteiger partial charge in [0.05, 0.1) is 5.92 Å². The molecule has 23 heavy (non-hydrogen) atoms. The van der Waals surface area contributed by atoms with E-state index in [1.165, 1.54) is 0 Å². The van der Waals surface area contributed by atoms with Crippen molar-refractivity contribution in [2.24, 2.45) is 11.8 Å². The zero-order valence-electron chi connectivity index (χ0n) is 13.6. The summed E-state index contributed by atoms with van der Waals surface area (Å²) in [5.74, 6) is -5.32. The van der Waals surface area contributed by atoms with Gasteiger partial charge in [0.2, 0.25) is 4.75 Å². The molecule has 0 heterocycles. The molecule has 7 nitrogen and oxygen atoms in total. The highest BCUT2D eigenvalue weighted by molar-refractivity contribution is 7.88. The van der Waals surface area contributed by atoms with Gasteiger partial charge in [0, 0.05) is 0 Å². The first kappa shape index (κ1) is 21.6. The van der Waals surface area contributed by atoms with E-state index in [0.717, 1.165) is 18.9 Å². The Kier molecular flexibility index (Phi) is 8.47. The topological polar surface area (TPSA) is 129 Å². The number of carboxylic acids is 2. The van der Waals surface area contributed by atoms with Crippen molar-refractivity contribution in [3.63, 3.8) is 0 Å². The Morgan fingerprint density at radius 3 is 2.13 bits per heavy atom. The Labute approximate surface area is 137 Å². The lowest BCUT2D eigenvalue weighted by molar-refractivity contribution is -0.152. The first-order chi connectivity index (χ1) is 10.6. The summed E-state index contributed by atoms with van der Waals surface area (Å²) in [6, 6.07) is 0. The molecule has 3 atom stereocenters. The van der Waals surface area contributed by atoms with Crippen LogP contribution in [0.4, 0.5) is 0 Å². The molecular formula is C15H26O7S. The minimum Gasteiger partial charge on any atom is -0.481 e. The molecule has 0 rings (SSSR count). The molecule has 0 amide bonds. The van der Waals surface area contributed by atoms with Crippen molar-refractivity contribution >= 4 is 22.1 Å². The molecule has 0 aliphatic heterocycles. The molecule has 3 N–H and O–H groups in total. The molecule has 8 heteroatoms. The third kappa shape index (κ3) is 5.04. The van der Waals surface area contributed by atoms with Gasteiger partial charge in [-0.1, -0.05) is 45.6 Å². The van der Waals surface area contributed by atoms with Gasteiger partial charge in [-0.3, -0.25) is 14.1 Å². The standard InChI is InChI=1S/C15H26O7S/c1-4-7-8-11(6-3)10-12(13(16)17)15(9-5-2,14(18)19)23(20,21)22/h5,11-12H,2,4,6-10H2,1,3H3,(H,16,17)(H,18,19)(H,20,21,22). The molecule has 0 saturated heterocycles. The minimum atomic E-state index is -5.16. The van der Waals surface area contributed by atoms with Crippen molar-refractivity contribution in [1.29, 1.82) is 0 Å². The van der Waals surface area contributed by atoms with Crippen LogP contribution in [0.1, 0.15) is 52.4 Å². The van der Waals surface area contributed by atoms with Crippen LogP contribution in [0.3, 0.4) is 0 Å². The molecule has 0 fully saturated rings. The average Bonchev–Trinajstić information content (AvgIpc) is 2.43. The maximum Gasteiger partial charge on any atom is 0.328 e. The largest absolute Gasteiger partial charge is 0.481 e. The van der Waals surface area contributed by atoms with Crippen LogP contribution in [-0.2, 0) is 19.7 Å². The second-order valence-corrected chi connectivity index (χ2v) is 7.38. The molecule has 134 valence electrons. The van der Waals surface area contributed by atoms with E-state index in [4.69, 9.17) is 0 Å². The van der Waals surface area contributed by atoms with E-state index in [1.54, 1.807) is 0 Å². The number of aliphatic carboxylic acids is 2. The van der Waals surface area contributed by atoms with Crippen molar-refractivity contribution in [3.8, 4) is 0 Å². The number of carbonyl (C=O) groups is 2. The number of allylic oxidation sites excluding steroid dienone is 1. The summed E-state index contributed by atoms with van der Waals surface area (Å²) >= 11 is 0. The maximum absolute atomic E-state index is 11.8. The molecule has 0 saturated carbocycles. The van der Waals surface area contributed by atoms with Crippen molar-refractivity contribution in [1.82, 2.24) is 0 Å². The fourth-order valence-corrected chi connectivity index (χ4v) is 3.90. The van der Waals surface area contributed by atoms with Crippen molar-refractivity contribution < 1.29 is 32.8 Å². The number of rotatable bonds is 12. The lowest BCUT2D eigenvalue weighted by Gasteiger charge is -2.33. The average molecular weight is 350 g/mol. The van der Waals surface area contributed by atoms with E-state index in [9.17, 15) is 32.8 Å². The van der Waals surface area contributed by atoms with Crippen LogP contribution in [0, 0.1) is 11.8 Å². The highest BCUT2D eigenvalue weighted by Gasteiger charge is 2.58. The molecule has 0 radical (unpaired) electrons. The normalized spacial score (nSPS) is 17.0. The highest BCUT2D eigenvalue weighted by Crippen LogP contribution is 2.37. The molecule has 0 aromatic carbocycles. The summed E-state index contributed by atoms with van der Waals surface area (Å²) in [7, 11) is -5.16. The summed E-state index contributed by atoms with van der Waals surface area (Å²) in [6.45, 7) is 7.11. The predicted molar refractivity (Wildman–Crippen MR) is 85.8 cm³/mol. The number of carboxylic acid groups (broad SMARTS) is 2. The van der Waals surface area contributed by atoms with Crippen molar-refractivity contribution in [3.05, 3.63) is 12.7 Å². The molecule has 0 aromatic heterocycles. The number of hydrogen-bond acceptors (Lipinski definition) is 4. The Bertz CT molecular complexity index is 526. The van der Waals surface area contributed by atoms with Gasteiger partial charge >= 0.3 is 11.9 Å². The van der Waals surface area contributed by atoms with Crippen LogP contribution in [-0.4, -0.2) is 39.9 Å². The second kappa shape index (κ2) is 9.02. The third-order valence-electron chi connectivity index (χ3n) is 4.24. The summed E-state index contributed by atoms with van der Waals surface area (Å²) in [6.07, 6.45) is 3.19. The fraction of sp³-hybridized carbons (Fsp3) is 0.733. The van der Waals surface area contributed by atoms with E-state index >= 15 is 0 Å². The lowest BCUT2D eigenvalue weighted by Crippen LogP contribution is -2.55. The lowest BCUT2D eigenvalue weighted by atomic mass is 9.79. The van der Waals surface area contributed by atoms with Gasteiger partial charge in [-0.25, -0.2) is 0 Å². The van der Waals surface area contributed by atoms with Crippen LogP contribution < -0.4 is 0 Å². The zero-order chi connectivity index (χ0) is 18.3. The van der Waals surface area contributed by atoms with E-state index in [-0.39, 0.29) is 12.3 Å².